The fourth-order valence-electron chi connectivity index (χ4n) is 4.22. The number of anilines is 1. The summed E-state index contributed by atoms with van der Waals surface area (Å²) in [5, 5.41) is 11.1. The Morgan fingerprint density at radius 3 is 2.50 bits per heavy atom. The van der Waals surface area contributed by atoms with Crippen LogP contribution in [0.15, 0.2) is 36.9 Å². The van der Waals surface area contributed by atoms with Crippen molar-refractivity contribution in [3.8, 4) is 5.69 Å². The van der Waals surface area contributed by atoms with Crippen molar-refractivity contribution in [3.05, 3.63) is 59.4 Å². The average molecular weight is 477 g/mol. The molecule has 2 atom stereocenters. The maximum atomic E-state index is 14.3. The maximum Gasteiger partial charge on any atom is 0.419 e. The van der Waals surface area contributed by atoms with Crippen LogP contribution in [0, 0.1) is 18.7 Å². The van der Waals surface area contributed by atoms with E-state index in [1.807, 2.05) is 6.92 Å². The van der Waals surface area contributed by atoms with Crippen molar-refractivity contribution in [3.63, 3.8) is 0 Å². The van der Waals surface area contributed by atoms with Gasteiger partial charge in [0.05, 0.1) is 29.6 Å². The fraction of sp³-hybridized carbons (Fsp3) is 0.409. The Balaban J connectivity index is 1.59. The van der Waals surface area contributed by atoms with Crippen LogP contribution in [0.5, 0.6) is 0 Å². The summed E-state index contributed by atoms with van der Waals surface area (Å²) in [6.45, 7) is 4.34. The molecule has 1 aliphatic heterocycles. The smallest absolute Gasteiger partial charge is 0.352 e. The van der Waals surface area contributed by atoms with Crippen LogP contribution in [0.3, 0.4) is 0 Å². The molecule has 1 N–H and O–H groups in total. The number of halogens is 4. The topological polar surface area (TPSA) is 88.8 Å². The molecule has 1 fully saturated rings. The van der Waals surface area contributed by atoms with Gasteiger partial charge in [0.1, 0.15) is 11.5 Å². The van der Waals surface area contributed by atoms with Crippen LogP contribution in [0.2, 0.25) is 0 Å². The molecule has 0 spiro atoms. The number of alkyl halides is 3. The van der Waals surface area contributed by atoms with Gasteiger partial charge in [0.25, 0.3) is 5.91 Å². The minimum absolute atomic E-state index is 0.0289. The molecule has 3 heterocycles. The molecule has 1 amide bonds. The molecular weight excluding hydrogens is 454 g/mol. The molecule has 1 saturated heterocycles. The van der Waals surface area contributed by atoms with Gasteiger partial charge in [0, 0.05) is 25.5 Å². The molecule has 0 bridgehead atoms. The van der Waals surface area contributed by atoms with E-state index in [4.69, 9.17) is 0 Å². The number of likely N-dealkylation sites (tertiary alicyclic amines) is 1. The summed E-state index contributed by atoms with van der Waals surface area (Å²) in [7, 11) is 0. The van der Waals surface area contributed by atoms with E-state index in [2.05, 4.69) is 25.5 Å². The number of carbonyl (C=O) groups is 1. The molecule has 34 heavy (non-hydrogen) atoms. The first-order chi connectivity index (χ1) is 16.1. The molecule has 12 heteroatoms. The van der Waals surface area contributed by atoms with Gasteiger partial charge in [-0.1, -0.05) is 6.92 Å². The van der Waals surface area contributed by atoms with E-state index in [1.54, 1.807) is 11.8 Å². The summed E-state index contributed by atoms with van der Waals surface area (Å²) in [6, 6.07) is 2.18. The molecule has 1 aromatic carbocycles. The summed E-state index contributed by atoms with van der Waals surface area (Å²) >= 11 is 0. The van der Waals surface area contributed by atoms with E-state index in [1.165, 1.54) is 29.3 Å². The van der Waals surface area contributed by atoms with Crippen molar-refractivity contribution < 1.29 is 22.4 Å². The second kappa shape index (κ2) is 9.35. The largest absolute Gasteiger partial charge is 0.419 e. The zero-order valence-electron chi connectivity index (χ0n) is 18.6. The third-order valence-corrected chi connectivity index (χ3v) is 5.94. The number of hydrogen-bond acceptors (Lipinski definition) is 6. The second-order valence-electron chi connectivity index (χ2n) is 8.30. The summed E-state index contributed by atoms with van der Waals surface area (Å²) in [5.41, 5.74) is 0.102. The van der Waals surface area contributed by atoms with Crippen molar-refractivity contribution >= 4 is 11.9 Å². The van der Waals surface area contributed by atoms with E-state index in [9.17, 15) is 22.4 Å². The highest BCUT2D eigenvalue weighted by Crippen LogP contribution is 2.30. The minimum Gasteiger partial charge on any atom is -0.352 e. The zero-order valence-corrected chi connectivity index (χ0v) is 18.6. The molecule has 0 radical (unpaired) electrons. The molecule has 2 aromatic heterocycles. The zero-order chi connectivity index (χ0) is 24.5. The van der Waals surface area contributed by atoms with Gasteiger partial charge in [0.2, 0.25) is 5.95 Å². The third kappa shape index (κ3) is 4.85. The van der Waals surface area contributed by atoms with Crippen LogP contribution in [0.1, 0.15) is 41.3 Å². The van der Waals surface area contributed by atoms with Crippen molar-refractivity contribution in [2.75, 3.05) is 18.4 Å². The first kappa shape index (κ1) is 23.6. The van der Waals surface area contributed by atoms with Gasteiger partial charge in [-0.25, -0.2) is 14.4 Å². The molecule has 8 nitrogen and oxygen atoms in total. The predicted molar refractivity (Wildman–Crippen MR) is 115 cm³/mol. The predicted octanol–water partition coefficient (Wildman–Crippen LogP) is 3.88. The Morgan fingerprint density at radius 1 is 1.18 bits per heavy atom. The minimum atomic E-state index is -4.52. The SMILES string of the molecule is Cc1cc(F)cc(C(=O)N2CCCC(C)C2CNc2ncc(C(F)(F)F)cn2)c1-n1nccn1. The van der Waals surface area contributed by atoms with E-state index in [0.29, 0.717) is 30.2 Å². The number of carbonyl (C=O) groups excluding carboxylic acids is 1. The van der Waals surface area contributed by atoms with Crippen LogP contribution < -0.4 is 5.32 Å². The molecule has 1 aliphatic rings. The highest BCUT2D eigenvalue weighted by atomic mass is 19.4. The van der Waals surface area contributed by atoms with Crippen LogP contribution >= 0.6 is 0 Å². The van der Waals surface area contributed by atoms with E-state index < -0.39 is 17.6 Å². The first-order valence-electron chi connectivity index (χ1n) is 10.8. The Morgan fingerprint density at radius 2 is 1.85 bits per heavy atom. The van der Waals surface area contributed by atoms with Crippen LogP contribution in [-0.4, -0.2) is 54.9 Å². The number of hydrogen-bond donors (Lipinski definition) is 1. The Bertz CT molecular complexity index is 1150. The van der Waals surface area contributed by atoms with Crippen LogP contribution in [-0.2, 0) is 6.18 Å². The lowest BCUT2D eigenvalue weighted by atomic mass is 9.89. The second-order valence-corrected chi connectivity index (χ2v) is 8.30. The molecule has 180 valence electrons. The lowest BCUT2D eigenvalue weighted by Crippen LogP contribution is -2.51. The van der Waals surface area contributed by atoms with Crippen LogP contribution in [0.4, 0.5) is 23.5 Å². The standard InChI is InChI=1S/C22H23F4N7O/c1-13-4-3-7-32(18(13)12-29-21-27-10-15(11-28-21)22(24,25)26)20(34)17-9-16(23)8-14(2)19(17)33-30-5-6-31-33/h5-6,8-11,13,18H,3-4,7,12H2,1-2H3,(H,27,28,29). The van der Waals surface area contributed by atoms with Gasteiger partial charge in [-0.2, -0.15) is 28.2 Å². The number of amides is 1. The van der Waals surface area contributed by atoms with Gasteiger partial charge >= 0.3 is 6.18 Å². The Hall–Kier alpha value is -3.57. The van der Waals surface area contributed by atoms with E-state index >= 15 is 0 Å². The van der Waals surface area contributed by atoms with Gasteiger partial charge in [0.15, 0.2) is 0 Å². The number of aromatic nitrogens is 5. The number of aryl methyl sites for hydroxylation is 1. The van der Waals surface area contributed by atoms with Crippen molar-refractivity contribution in [2.24, 2.45) is 5.92 Å². The van der Waals surface area contributed by atoms with Gasteiger partial charge in [-0.05, 0) is 43.4 Å². The average Bonchev–Trinajstić information content (AvgIpc) is 3.31. The first-order valence-corrected chi connectivity index (χ1v) is 10.8. The van der Waals surface area contributed by atoms with E-state index in [0.717, 1.165) is 12.8 Å². The monoisotopic (exact) mass is 477 g/mol. The Kier molecular flexibility index (Phi) is 6.49. The molecule has 4 rings (SSSR count). The summed E-state index contributed by atoms with van der Waals surface area (Å²) in [5.74, 6) is -0.807. The molecule has 3 aromatic rings. The van der Waals surface area contributed by atoms with Gasteiger partial charge in [-0.15, -0.1) is 0 Å². The van der Waals surface area contributed by atoms with Gasteiger partial charge < -0.3 is 10.2 Å². The number of nitrogens with zero attached hydrogens (tertiary/aromatic N) is 6. The number of nitrogens with one attached hydrogen (secondary N) is 1. The van der Waals surface area contributed by atoms with Gasteiger partial charge in [-0.3, -0.25) is 4.79 Å². The number of benzene rings is 1. The quantitative estimate of drug-likeness (QED) is 0.562. The summed E-state index contributed by atoms with van der Waals surface area (Å²) in [6.07, 6.45) is 1.46. The highest BCUT2D eigenvalue weighted by Gasteiger charge is 2.35. The third-order valence-electron chi connectivity index (χ3n) is 5.94. The summed E-state index contributed by atoms with van der Waals surface area (Å²) in [4.78, 5) is 24.1. The lowest BCUT2D eigenvalue weighted by molar-refractivity contribution is -0.138. The van der Waals surface area contributed by atoms with E-state index in [-0.39, 0.29) is 35.9 Å². The fourth-order valence-corrected chi connectivity index (χ4v) is 4.22. The number of rotatable bonds is 5. The van der Waals surface area contributed by atoms with Crippen molar-refractivity contribution in [2.45, 2.75) is 38.9 Å². The molecule has 0 aliphatic carbocycles. The molecule has 0 saturated carbocycles. The van der Waals surface area contributed by atoms with Crippen LogP contribution in [0.25, 0.3) is 5.69 Å². The highest BCUT2D eigenvalue weighted by molar-refractivity contribution is 5.98. The number of piperidine rings is 1. The van der Waals surface area contributed by atoms with Crippen molar-refractivity contribution in [1.82, 2.24) is 29.9 Å². The normalized spacial score (nSPS) is 18.7. The molecule has 2 unspecified atom stereocenters. The Labute approximate surface area is 193 Å². The maximum absolute atomic E-state index is 14.3. The molecular formula is C22H23F4N7O. The lowest BCUT2D eigenvalue weighted by Gasteiger charge is -2.40. The van der Waals surface area contributed by atoms with Crippen molar-refractivity contribution in [1.29, 1.82) is 0 Å². The summed E-state index contributed by atoms with van der Waals surface area (Å²) < 4.78 is 52.6.